The van der Waals surface area contributed by atoms with Crippen LogP contribution < -0.4 is 5.32 Å². The third-order valence-corrected chi connectivity index (χ3v) is 1.47. The zero-order chi connectivity index (χ0) is 8.55. The number of amidine groups is 1. The molecule has 0 spiro atoms. The minimum absolute atomic E-state index is 0.252. The van der Waals surface area contributed by atoms with Gasteiger partial charge in [-0.2, -0.15) is 4.99 Å². The van der Waals surface area contributed by atoms with Gasteiger partial charge >= 0.3 is 0 Å². The van der Waals surface area contributed by atoms with Gasteiger partial charge in [0.05, 0.1) is 6.21 Å². The van der Waals surface area contributed by atoms with Gasteiger partial charge in [-0.05, 0) is 0 Å². The van der Waals surface area contributed by atoms with Crippen LogP contribution in [0.3, 0.4) is 0 Å². The van der Waals surface area contributed by atoms with Crippen LogP contribution in [0.5, 0.6) is 0 Å². The Morgan fingerprint density at radius 1 is 1.42 bits per heavy atom. The molecule has 0 aromatic heterocycles. The highest BCUT2D eigenvalue weighted by Crippen LogP contribution is 2.03. The van der Waals surface area contributed by atoms with Crippen LogP contribution in [0.2, 0.25) is 0 Å². The van der Waals surface area contributed by atoms with Crippen molar-refractivity contribution in [3.8, 4) is 0 Å². The largest absolute Gasteiger partial charge is 0.307 e. The molecular formula is C6H4N4O2. The SMILES string of the molecule is O=C1C=NC2C(=O)N=CN=C2N1. The molecule has 2 aliphatic rings. The van der Waals surface area contributed by atoms with Gasteiger partial charge in [0, 0.05) is 0 Å². The summed E-state index contributed by atoms with van der Waals surface area (Å²) in [6.07, 6.45) is 2.16. The lowest BCUT2D eigenvalue weighted by Crippen LogP contribution is -2.47. The zero-order valence-electron chi connectivity index (χ0n) is 5.89. The van der Waals surface area contributed by atoms with Crippen molar-refractivity contribution in [1.29, 1.82) is 0 Å². The summed E-state index contributed by atoms with van der Waals surface area (Å²) in [6, 6.07) is -0.743. The van der Waals surface area contributed by atoms with E-state index in [1.165, 1.54) is 0 Å². The summed E-state index contributed by atoms with van der Waals surface area (Å²) in [5, 5.41) is 2.40. The highest BCUT2D eigenvalue weighted by Gasteiger charge is 2.29. The van der Waals surface area contributed by atoms with Gasteiger partial charge in [-0.1, -0.05) is 0 Å². The molecule has 2 aliphatic heterocycles. The molecule has 0 radical (unpaired) electrons. The fourth-order valence-corrected chi connectivity index (χ4v) is 0.942. The Morgan fingerprint density at radius 2 is 2.25 bits per heavy atom. The third-order valence-electron chi connectivity index (χ3n) is 1.47. The fraction of sp³-hybridized carbons (Fsp3) is 0.167. The second kappa shape index (κ2) is 2.33. The number of aliphatic imine (C=N–C) groups is 3. The molecule has 0 fully saturated rings. The van der Waals surface area contributed by atoms with E-state index in [0.29, 0.717) is 0 Å². The predicted molar refractivity (Wildman–Crippen MR) is 41.4 cm³/mol. The van der Waals surface area contributed by atoms with Crippen molar-refractivity contribution in [2.24, 2.45) is 15.0 Å². The van der Waals surface area contributed by atoms with E-state index in [9.17, 15) is 9.59 Å². The number of nitrogens with one attached hydrogen (secondary N) is 1. The summed E-state index contributed by atoms with van der Waals surface area (Å²) in [7, 11) is 0. The van der Waals surface area contributed by atoms with Crippen LogP contribution in [0, 0.1) is 0 Å². The zero-order valence-corrected chi connectivity index (χ0v) is 5.89. The third kappa shape index (κ3) is 0.931. The molecule has 0 saturated carbocycles. The number of carbonyl (C=O) groups is 2. The monoisotopic (exact) mass is 164 g/mol. The minimum atomic E-state index is -0.743. The first-order valence-corrected chi connectivity index (χ1v) is 3.25. The number of hydrogen-bond donors (Lipinski definition) is 1. The molecule has 0 bridgehead atoms. The van der Waals surface area contributed by atoms with Crippen molar-refractivity contribution in [2.75, 3.05) is 0 Å². The van der Waals surface area contributed by atoms with E-state index in [1.54, 1.807) is 0 Å². The molecule has 60 valence electrons. The number of nitrogens with zero attached hydrogens (tertiary/aromatic N) is 3. The maximum atomic E-state index is 11.0. The Kier molecular flexibility index (Phi) is 1.33. The lowest BCUT2D eigenvalue weighted by atomic mass is 10.2. The van der Waals surface area contributed by atoms with Gasteiger partial charge in [-0.25, -0.2) is 4.99 Å². The molecule has 1 N–H and O–H groups in total. The molecule has 2 rings (SSSR count). The van der Waals surface area contributed by atoms with E-state index in [2.05, 4.69) is 20.3 Å². The lowest BCUT2D eigenvalue weighted by molar-refractivity contribution is -0.117. The molecule has 6 nitrogen and oxygen atoms in total. The molecule has 0 aromatic carbocycles. The van der Waals surface area contributed by atoms with Gasteiger partial charge in [0.1, 0.15) is 12.2 Å². The van der Waals surface area contributed by atoms with Crippen molar-refractivity contribution >= 4 is 30.2 Å². The van der Waals surface area contributed by atoms with E-state index >= 15 is 0 Å². The van der Waals surface area contributed by atoms with Crippen molar-refractivity contribution in [2.45, 2.75) is 6.04 Å². The standard InChI is InChI=1S/C6H4N4O2/c11-3-1-7-4-5(10-3)8-2-9-6(4)12/h1-2,4H,(H,8,9,10,11,12). The maximum Gasteiger partial charge on any atom is 0.279 e. The van der Waals surface area contributed by atoms with Crippen molar-refractivity contribution in [3.63, 3.8) is 0 Å². The maximum absolute atomic E-state index is 11.0. The number of carbonyl (C=O) groups excluding carboxylic acids is 2. The molecular weight excluding hydrogens is 160 g/mol. The number of amides is 2. The van der Waals surface area contributed by atoms with E-state index in [1.807, 2.05) is 0 Å². The van der Waals surface area contributed by atoms with Crippen LogP contribution in [-0.2, 0) is 9.59 Å². The average molecular weight is 164 g/mol. The molecule has 0 aliphatic carbocycles. The molecule has 12 heavy (non-hydrogen) atoms. The second-order valence-electron chi connectivity index (χ2n) is 2.27. The van der Waals surface area contributed by atoms with E-state index in [-0.39, 0.29) is 11.7 Å². The van der Waals surface area contributed by atoms with E-state index in [4.69, 9.17) is 0 Å². The predicted octanol–water partition coefficient (Wildman–Crippen LogP) is -1.48. The molecule has 0 saturated heterocycles. The van der Waals surface area contributed by atoms with Crippen LogP contribution >= 0.6 is 0 Å². The van der Waals surface area contributed by atoms with Crippen LogP contribution in [0.25, 0.3) is 0 Å². The van der Waals surface area contributed by atoms with Crippen molar-refractivity contribution < 1.29 is 9.59 Å². The summed E-state index contributed by atoms with van der Waals surface area (Å²) in [5.74, 6) is -0.521. The number of hydrogen-bond acceptors (Lipinski definition) is 4. The van der Waals surface area contributed by atoms with Crippen LogP contribution in [0.4, 0.5) is 0 Å². The average Bonchev–Trinajstić information content (AvgIpc) is 2.04. The Bertz CT molecular complexity index is 341. The van der Waals surface area contributed by atoms with Crippen LogP contribution in [0.1, 0.15) is 0 Å². The molecule has 1 unspecified atom stereocenters. The molecule has 2 heterocycles. The fourth-order valence-electron chi connectivity index (χ4n) is 0.942. The summed E-state index contributed by atoms with van der Waals surface area (Å²) < 4.78 is 0. The van der Waals surface area contributed by atoms with Crippen molar-refractivity contribution in [3.05, 3.63) is 0 Å². The highest BCUT2D eigenvalue weighted by atomic mass is 16.2. The van der Waals surface area contributed by atoms with Crippen LogP contribution in [-0.4, -0.2) is 36.2 Å². The topological polar surface area (TPSA) is 83.2 Å². The van der Waals surface area contributed by atoms with Gasteiger partial charge < -0.3 is 5.32 Å². The second-order valence-corrected chi connectivity index (χ2v) is 2.27. The summed E-state index contributed by atoms with van der Waals surface area (Å²) >= 11 is 0. The van der Waals surface area contributed by atoms with Gasteiger partial charge in [0.15, 0.2) is 6.04 Å². The summed E-state index contributed by atoms with van der Waals surface area (Å²) in [4.78, 5) is 32.5. The Morgan fingerprint density at radius 3 is 3.08 bits per heavy atom. The van der Waals surface area contributed by atoms with Crippen molar-refractivity contribution in [1.82, 2.24) is 5.32 Å². The quantitative estimate of drug-likeness (QED) is 0.473. The summed E-state index contributed by atoms with van der Waals surface area (Å²) in [5.41, 5.74) is 0. The van der Waals surface area contributed by atoms with Gasteiger partial charge in [-0.15, -0.1) is 0 Å². The van der Waals surface area contributed by atoms with E-state index in [0.717, 1.165) is 12.6 Å². The summed E-state index contributed by atoms with van der Waals surface area (Å²) in [6.45, 7) is 0. The first kappa shape index (κ1) is 6.84. The Labute approximate surface area is 67.1 Å². The lowest BCUT2D eigenvalue weighted by Gasteiger charge is -2.17. The molecule has 6 heteroatoms. The van der Waals surface area contributed by atoms with Gasteiger partial charge in [-0.3, -0.25) is 14.6 Å². The molecule has 0 aromatic rings. The first-order chi connectivity index (χ1) is 5.77. The van der Waals surface area contributed by atoms with Gasteiger partial charge in [0.2, 0.25) is 0 Å². The van der Waals surface area contributed by atoms with Gasteiger partial charge in [0.25, 0.3) is 11.8 Å². The highest BCUT2D eigenvalue weighted by molar-refractivity contribution is 6.36. The Hall–Kier alpha value is -1.85. The molecule has 1 atom stereocenters. The number of rotatable bonds is 0. The smallest absolute Gasteiger partial charge is 0.279 e. The first-order valence-electron chi connectivity index (χ1n) is 3.25. The normalized spacial score (nSPS) is 26.3. The molecule has 2 amide bonds. The minimum Gasteiger partial charge on any atom is -0.307 e. The van der Waals surface area contributed by atoms with Crippen LogP contribution in [0.15, 0.2) is 15.0 Å². The van der Waals surface area contributed by atoms with E-state index < -0.39 is 11.9 Å². The Balaban J connectivity index is 2.40. The number of fused-ring (bicyclic) bond motifs is 1.